The zero-order chi connectivity index (χ0) is 23.6. The van der Waals surface area contributed by atoms with Gasteiger partial charge in [-0.25, -0.2) is 9.78 Å². The molecule has 1 N–H and O–H groups in total. The molecule has 4 rings (SSSR count). The Kier molecular flexibility index (Phi) is 6.99. The number of pyridine rings is 1. The van der Waals surface area contributed by atoms with Gasteiger partial charge in [0.05, 0.1) is 18.1 Å². The Morgan fingerprint density at radius 2 is 1.91 bits per heavy atom. The number of esters is 1. The van der Waals surface area contributed by atoms with Crippen molar-refractivity contribution in [2.45, 2.75) is 63.8 Å². The van der Waals surface area contributed by atoms with E-state index in [0.717, 1.165) is 31.5 Å². The summed E-state index contributed by atoms with van der Waals surface area (Å²) in [5.74, 6) is 0.416. The third kappa shape index (κ3) is 5.52. The van der Waals surface area contributed by atoms with Crippen LogP contribution in [-0.4, -0.2) is 53.8 Å². The summed E-state index contributed by atoms with van der Waals surface area (Å²) >= 11 is 0. The molecule has 1 amide bonds. The number of ether oxygens (including phenoxy) is 2. The normalized spacial score (nSPS) is 29.5. The van der Waals surface area contributed by atoms with Gasteiger partial charge in [0.15, 0.2) is 0 Å². The maximum absolute atomic E-state index is 12.9. The molecule has 182 valence electrons. The first-order valence-electron chi connectivity index (χ1n) is 11.7. The molecule has 1 aromatic rings. The number of halogens is 3. The summed E-state index contributed by atoms with van der Waals surface area (Å²) in [7, 11) is 0. The van der Waals surface area contributed by atoms with Gasteiger partial charge in [0.25, 0.3) is 0 Å². The Morgan fingerprint density at radius 1 is 1.18 bits per heavy atom. The van der Waals surface area contributed by atoms with Gasteiger partial charge in [-0.3, -0.25) is 4.79 Å². The number of anilines is 1. The van der Waals surface area contributed by atoms with E-state index in [-0.39, 0.29) is 42.0 Å². The summed E-state index contributed by atoms with van der Waals surface area (Å²) < 4.78 is 49.2. The summed E-state index contributed by atoms with van der Waals surface area (Å²) in [6, 6.07) is 2.18. The van der Waals surface area contributed by atoms with Crippen molar-refractivity contribution in [3.8, 4) is 0 Å². The number of fused-ring (bicyclic) bond motifs is 2. The first-order chi connectivity index (χ1) is 15.7. The SMILES string of the molecule is CCOC(=O)C1CC2CCCC(C1)C2OC(=O)N1CCC(Nc2ccc(C(F)(F)F)cn2)C1. The van der Waals surface area contributed by atoms with Gasteiger partial charge >= 0.3 is 18.2 Å². The van der Waals surface area contributed by atoms with Crippen molar-refractivity contribution in [1.29, 1.82) is 0 Å². The minimum absolute atomic E-state index is 0.110. The molecule has 3 aliphatic rings. The molecule has 1 saturated heterocycles. The lowest BCUT2D eigenvalue weighted by atomic mass is 9.66. The predicted molar refractivity (Wildman–Crippen MR) is 113 cm³/mol. The first-order valence-corrected chi connectivity index (χ1v) is 11.7. The topological polar surface area (TPSA) is 80.8 Å². The molecule has 2 saturated carbocycles. The quantitative estimate of drug-likeness (QED) is 0.641. The van der Waals surface area contributed by atoms with Crippen LogP contribution in [0.5, 0.6) is 0 Å². The highest BCUT2D eigenvalue weighted by molar-refractivity contribution is 5.73. The first kappa shape index (κ1) is 23.6. The van der Waals surface area contributed by atoms with Crippen LogP contribution in [0.1, 0.15) is 51.0 Å². The smallest absolute Gasteiger partial charge is 0.417 e. The summed E-state index contributed by atoms with van der Waals surface area (Å²) in [5.41, 5.74) is -0.798. The van der Waals surface area contributed by atoms with Crippen LogP contribution in [-0.2, 0) is 20.4 Å². The fourth-order valence-corrected chi connectivity index (χ4v) is 5.42. The molecule has 1 aromatic heterocycles. The molecular formula is C23H30F3N3O4. The van der Waals surface area contributed by atoms with Crippen molar-refractivity contribution < 1.29 is 32.2 Å². The van der Waals surface area contributed by atoms with Crippen LogP contribution >= 0.6 is 0 Å². The number of alkyl halides is 3. The lowest BCUT2D eigenvalue weighted by Crippen LogP contribution is -2.47. The van der Waals surface area contributed by atoms with Crippen LogP contribution in [0.4, 0.5) is 23.8 Å². The fraction of sp³-hybridized carbons (Fsp3) is 0.696. The van der Waals surface area contributed by atoms with Gasteiger partial charge in [0.2, 0.25) is 0 Å². The number of aromatic nitrogens is 1. The van der Waals surface area contributed by atoms with Crippen molar-refractivity contribution in [2.24, 2.45) is 17.8 Å². The van der Waals surface area contributed by atoms with E-state index in [1.165, 1.54) is 6.07 Å². The summed E-state index contributed by atoms with van der Waals surface area (Å²) in [6.07, 6.45) is 0.824. The number of rotatable bonds is 5. The number of likely N-dealkylation sites (tertiary alicyclic amines) is 1. The van der Waals surface area contributed by atoms with E-state index >= 15 is 0 Å². The number of hydrogen-bond acceptors (Lipinski definition) is 6. The molecular weight excluding hydrogens is 439 g/mol. The Labute approximate surface area is 191 Å². The van der Waals surface area contributed by atoms with Gasteiger partial charge in [0.1, 0.15) is 11.9 Å². The van der Waals surface area contributed by atoms with E-state index < -0.39 is 11.7 Å². The Bertz CT molecular complexity index is 834. The minimum atomic E-state index is -4.42. The molecule has 33 heavy (non-hydrogen) atoms. The summed E-state index contributed by atoms with van der Waals surface area (Å²) in [4.78, 5) is 30.5. The molecule has 1 aliphatic heterocycles. The third-order valence-electron chi connectivity index (χ3n) is 7.00. The molecule has 10 heteroatoms. The highest BCUT2D eigenvalue weighted by Crippen LogP contribution is 2.45. The maximum atomic E-state index is 12.9. The summed E-state index contributed by atoms with van der Waals surface area (Å²) in [5, 5.41) is 3.10. The van der Waals surface area contributed by atoms with Crippen molar-refractivity contribution in [1.82, 2.24) is 9.88 Å². The average Bonchev–Trinajstić information content (AvgIpc) is 3.22. The number of amides is 1. The second-order valence-electron chi connectivity index (χ2n) is 9.23. The highest BCUT2D eigenvalue weighted by atomic mass is 19.4. The molecule has 3 unspecified atom stereocenters. The maximum Gasteiger partial charge on any atom is 0.417 e. The Morgan fingerprint density at radius 3 is 2.52 bits per heavy atom. The number of nitrogens with zero attached hydrogens (tertiary/aromatic N) is 2. The van der Waals surface area contributed by atoms with Gasteiger partial charge in [-0.15, -0.1) is 0 Å². The van der Waals surface area contributed by atoms with Gasteiger partial charge in [-0.1, -0.05) is 6.42 Å². The summed E-state index contributed by atoms with van der Waals surface area (Å²) in [6.45, 7) is 3.08. The lowest BCUT2D eigenvalue weighted by Gasteiger charge is -2.44. The zero-order valence-corrected chi connectivity index (χ0v) is 18.6. The minimum Gasteiger partial charge on any atom is -0.466 e. The number of hydrogen-bond donors (Lipinski definition) is 1. The van der Waals surface area contributed by atoms with Crippen LogP contribution in [0.2, 0.25) is 0 Å². The largest absolute Gasteiger partial charge is 0.466 e. The molecule has 0 spiro atoms. The van der Waals surface area contributed by atoms with Gasteiger partial charge in [0, 0.05) is 25.3 Å². The molecule has 7 nitrogen and oxygen atoms in total. The second-order valence-corrected chi connectivity index (χ2v) is 9.23. The number of carbonyl (C=O) groups is 2. The number of nitrogens with one attached hydrogen (secondary N) is 1. The van der Waals surface area contributed by atoms with Crippen molar-refractivity contribution >= 4 is 17.9 Å². The van der Waals surface area contributed by atoms with E-state index in [0.29, 0.717) is 44.8 Å². The average molecular weight is 470 g/mol. The molecule has 0 aromatic carbocycles. The van der Waals surface area contributed by atoms with Crippen LogP contribution in [0.15, 0.2) is 18.3 Å². The van der Waals surface area contributed by atoms with Crippen LogP contribution in [0.25, 0.3) is 0 Å². The highest BCUT2D eigenvalue weighted by Gasteiger charge is 2.45. The zero-order valence-electron chi connectivity index (χ0n) is 18.6. The lowest BCUT2D eigenvalue weighted by molar-refractivity contribution is -0.154. The third-order valence-corrected chi connectivity index (χ3v) is 7.00. The molecule has 2 aliphatic carbocycles. The van der Waals surface area contributed by atoms with Crippen LogP contribution in [0.3, 0.4) is 0 Å². The Balaban J connectivity index is 1.29. The molecule has 2 bridgehead atoms. The van der Waals surface area contributed by atoms with Gasteiger partial charge < -0.3 is 19.7 Å². The standard InChI is InChI=1S/C23H30F3N3O4/c1-2-32-21(30)16-10-14-4-3-5-15(11-16)20(14)33-22(31)29-9-8-18(13-29)28-19-7-6-17(12-27-19)23(24,25)26/h6-7,12,14-16,18,20H,2-5,8-11,13H2,1H3,(H,27,28). The fourth-order valence-electron chi connectivity index (χ4n) is 5.42. The van der Waals surface area contributed by atoms with E-state index in [9.17, 15) is 22.8 Å². The van der Waals surface area contributed by atoms with E-state index in [2.05, 4.69) is 10.3 Å². The van der Waals surface area contributed by atoms with Gasteiger partial charge in [-0.2, -0.15) is 13.2 Å². The second kappa shape index (κ2) is 9.77. The van der Waals surface area contributed by atoms with Gasteiger partial charge in [-0.05, 0) is 63.0 Å². The Hall–Kier alpha value is -2.52. The molecule has 0 radical (unpaired) electrons. The molecule has 3 fully saturated rings. The monoisotopic (exact) mass is 469 g/mol. The number of carbonyl (C=O) groups excluding carboxylic acids is 2. The van der Waals surface area contributed by atoms with Crippen LogP contribution in [0, 0.1) is 17.8 Å². The van der Waals surface area contributed by atoms with E-state index in [4.69, 9.17) is 9.47 Å². The molecule has 3 atom stereocenters. The molecule has 2 heterocycles. The van der Waals surface area contributed by atoms with Crippen molar-refractivity contribution in [3.05, 3.63) is 23.9 Å². The predicted octanol–water partition coefficient (Wildman–Crippen LogP) is 4.48. The van der Waals surface area contributed by atoms with Crippen molar-refractivity contribution in [2.75, 3.05) is 25.0 Å². The van der Waals surface area contributed by atoms with E-state index in [1.807, 2.05) is 0 Å². The van der Waals surface area contributed by atoms with Crippen LogP contribution < -0.4 is 5.32 Å². The van der Waals surface area contributed by atoms with E-state index in [1.54, 1.807) is 11.8 Å². The van der Waals surface area contributed by atoms with Crippen molar-refractivity contribution in [3.63, 3.8) is 0 Å².